The summed E-state index contributed by atoms with van der Waals surface area (Å²) in [5.74, 6) is -1.46. The summed E-state index contributed by atoms with van der Waals surface area (Å²) in [5.41, 5.74) is 4.25. The van der Waals surface area contributed by atoms with Gasteiger partial charge in [0, 0.05) is 13.0 Å². The van der Waals surface area contributed by atoms with Crippen LogP contribution in [0.25, 0.3) is 11.1 Å². The fourth-order valence-electron chi connectivity index (χ4n) is 4.73. The number of carboxylic acids is 1. The van der Waals surface area contributed by atoms with Gasteiger partial charge in [0.1, 0.15) is 12.3 Å². The zero-order chi connectivity index (χ0) is 21.6. The van der Waals surface area contributed by atoms with E-state index in [0.717, 1.165) is 22.3 Å². The Kier molecular flexibility index (Phi) is 4.50. The Labute approximate surface area is 178 Å². The van der Waals surface area contributed by atoms with Crippen molar-refractivity contribution in [3.63, 3.8) is 0 Å². The van der Waals surface area contributed by atoms with E-state index in [4.69, 9.17) is 4.74 Å². The molecule has 2 aliphatic carbocycles. The Hall–Kier alpha value is -3.68. The highest BCUT2D eigenvalue weighted by Crippen LogP contribution is 2.46. The number of benzene rings is 2. The molecule has 31 heavy (non-hydrogen) atoms. The molecule has 0 atom stereocenters. The maximum Gasteiger partial charge on any atom is 0.407 e. The number of hydrogen-bond acceptors (Lipinski definition) is 5. The Morgan fingerprint density at radius 1 is 1.13 bits per heavy atom. The van der Waals surface area contributed by atoms with E-state index in [9.17, 15) is 14.7 Å². The molecular weight excluding hydrogens is 396 g/mol. The number of carbonyl (C=O) groups is 2. The fraction of sp³-hybridized carbons (Fsp3) is 0.304. The zero-order valence-corrected chi connectivity index (χ0v) is 17.0. The van der Waals surface area contributed by atoms with Gasteiger partial charge in [0.25, 0.3) is 0 Å². The minimum absolute atomic E-state index is 0.0428. The predicted octanol–water partition coefficient (Wildman–Crippen LogP) is 3.04. The quantitative estimate of drug-likeness (QED) is 0.660. The number of amides is 1. The van der Waals surface area contributed by atoms with Crippen LogP contribution >= 0.6 is 0 Å². The van der Waals surface area contributed by atoms with E-state index in [1.54, 1.807) is 13.2 Å². The summed E-state index contributed by atoms with van der Waals surface area (Å²) in [6.45, 7) is 0.193. The molecule has 158 valence electrons. The van der Waals surface area contributed by atoms with Crippen molar-refractivity contribution < 1.29 is 19.4 Å². The van der Waals surface area contributed by atoms with E-state index in [-0.39, 0.29) is 25.4 Å². The third kappa shape index (κ3) is 3.24. The molecule has 8 heteroatoms. The number of aryl methyl sites for hydroxylation is 1. The Morgan fingerprint density at radius 2 is 1.74 bits per heavy atom. The summed E-state index contributed by atoms with van der Waals surface area (Å²) in [4.78, 5) is 25.5. The van der Waals surface area contributed by atoms with Crippen molar-refractivity contribution in [1.29, 1.82) is 0 Å². The van der Waals surface area contributed by atoms with Crippen LogP contribution in [0.15, 0.2) is 54.7 Å². The smallest absolute Gasteiger partial charge is 0.407 e. The van der Waals surface area contributed by atoms with E-state index >= 15 is 0 Å². The normalized spacial score (nSPS) is 21.6. The average molecular weight is 418 g/mol. The van der Waals surface area contributed by atoms with E-state index in [1.807, 2.05) is 24.3 Å². The van der Waals surface area contributed by atoms with Crippen LogP contribution in [0.1, 0.15) is 35.6 Å². The van der Waals surface area contributed by atoms with Crippen molar-refractivity contribution in [2.45, 2.75) is 24.3 Å². The van der Waals surface area contributed by atoms with Crippen LogP contribution in [0.4, 0.5) is 4.79 Å². The number of carboxylic acid groups (broad SMARTS) is 1. The maximum atomic E-state index is 12.8. The summed E-state index contributed by atoms with van der Waals surface area (Å²) in [6.07, 6.45) is 1.48. The first-order chi connectivity index (χ1) is 15.0. The highest BCUT2D eigenvalue weighted by atomic mass is 16.5. The second-order valence-corrected chi connectivity index (χ2v) is 8.20. The first-order valence-corrected chi connectivity index (χ1v) is 10.2. The van der Waals surface area contributed by atoms with Gasteiger partial charge in [-0.3, -0.25) is 4.79 Å². The van der Waals surface area contributed by atoms with Gasteiger partial charge in [-0.25, -0.2) is 4.79 Å². The Balaban J connectivity index is 1.32. The van der Waals surface area contributed by atoms with Gasteiger partial charge in [-0.15, -0.1) is 0 Å². The van der Waals surface area contributed by atoms with Crippen LogP contribution in [0.2, 0.25) is 0 Å². The Morgan fingerprint density at radius 3 is 2.29 bits per heavy atom. The zero-order valence-electron chi connectivity index (χ0n) is 17.0. The van der Waals surface area contributed by atoms with Crippen molar-refractivity contribution >= 4 is 12.1 Å². The molecule has 2 aliphatic rings. The second kappa shape index (κ2) is 7.23. The molecule has 0 aliphatic heterocycles. The molecule has 1 saturated carbocycles. The summed E-state index contributed by atoms with van der Waals surface area (Å²) in [7, 11) is 1.68. The molecule has 5 rings (SSSR count). The SMILES string of the molecule is Cn1ncc(C2(NC(=O)OCC3c4ccccc4-c4ccccc43)CC(C(=O)O)C2)n1. The first-order valence-electron chi connectivity index (χ1n) is 10.2. The van der Waals surface area contributed by atoms with Gasteiger partial charge < -0.3 is 15.2 Å². The third-order valence-corrected chi connectivity index (χ3v) is 6.31. The van der Waals surface area contributed by atoms with Crippen LogP contribution in [0.3, 0.4) is 0 Å². The summed E-state index contributed by atoms with van der Waals surface area (Å²) < 4.78 is 5.64. The first kappa shape index (κ1) is 19.3. The number of nitrogens with one attached hydrogen (secondary N) is 1. The number of nitrogens with zero attached hydrogens (tertiary/aromatic N) is 3. The van der Waals surface area contributed by atoms with Gasteiger partial charge >= 0.3 is 12.1 Å². The van der Waals surface area contributed by atoms with E-state index in [0.29, 0.717) is 5.69 Å². The molecule has 2 aromatic carbocycles. The van der Waals surface area contributed by atoms with E-state index in [2.05, 4.69) is 39.8 Å². The second-order valence-electron chi connectivity index (χ2n) is 8.20. The van der Waals surface area contributed by atoms with Crippen LogP contribution in [0, 0.1) is 5.92 Å². The number of fused-ring (bicyclic) bond motifs is 3. The molecule has 2 N–H and O–H groups in total. The van der Waals surface area contributed by atoms with E-state index in [1.165, 1.54) is 4.80 Å². The Bertz CT molecular complexity index is 1120. The van der Waals surface area contributed by atoms with Gasteiger partial charge in [-0.05, 0) is 35.1 Å². The fourth-order valence-corrected chi connectivity index (χ4v) is 4.73. The van der Waals surface area contributed by atoms with Crippen molar-refractivity contribution in [3.8, 4) is 11.1 Å². The summed E-state index contributed by atoms with van der Waals surface area (Å²) in [6, 6.07) is 16.3. The molecule has 0 bridgehead atoms. The van der Waals surface area contributed by atoms with Crippen molar-refractivity contribution in [3.05, 3.63) is 71.5 Å². The molecule has 0 saturated heterocycles. The van der Waals surface area contributed by atoms with Gasteiger partial charge in [-0.1, -0.05) is 48.5 Å². The largest absolute Gasteiger partial charge is 0.481 e. The van der Waals surface area contributed by atoms with Gasteiger partial charge in [-0.2, -0.15) is 15.0 Å². The molecule has 1 aromatic heterocycles. The number of alkyl carbamates (subject to hydrolysis) is 1. The minimum atomic E-state index is -0.881. The number of aliphatic carboxylic acids is 1. The number of aromatic nitrogens is 3. The number of carbonyl (C=O) groups excluding carboxylic acids is 1. The molecule has 3 aromatic rings. The van der Waals surface area contributed by atoms with Crippen molar-refractivity contribution in [2.24, 2.45) is 13.0 Å². The highest BCUT2D eigenvalue weighted by Gasteiger charge is 2.52. The maximum absolute atomic E-state index is 12.8. The lowest BCUT2D eigenvalue weighted by atomic mass is 9.66. The van der Waals surface area contributed by atoms with Crippen LogP contribution in [0.5, 0.6) is 0 Å². The van der Waals surface area contributed by atoms with Gasteiger partial charge in [0.15, 0.2) is 0 Å². The molecule has 8 nitrogen and oxygen atoms in total. The lowest BCUT2D eigenvalue weighted by Gasteiger charge is -2.44. The molecule has 1 heterocycles. The summed E-state index contributed by atoms with van der Waals surface area (Å²) >= 11 is 0. The van der Waals surface area contributed by atoms with Crippen molar-refractivity contribution in [1.82, 2.24) is 20.3 Å². The number of ether oxygens (including phenoxy) is 1. The van der Waals surface area contributed by atoms with Crippen molar-refractivity contribution in [2.75, 3.05) is 6.61 Å². The minimum Gasteiger partial charge on any atom is -0.481 e. The topological polar surface area (TPSA) is 106 Å². The number of rotatable bonds is 5. The van der Waals surface area contributed by atoms with Gasteiger partial charge in [0.05, 0.1) is 17.7 Å². The highest BCUT2D eigenvalue weighted by molar-refractivity contribution is 5.79. The van der Waals surface area contributed by atoms with Gasteiger partial charge in [0.2, 0.25) is 0 Å². The third-order valence-electron chi connectivity index (χ3n) is 6.31. The summed E-state index contributed by atoms with van der Waals surface area (Å²) in [5, 5.41) is 20.5. The molecule has 0 unspecified atom stereocenters. The van der Waals surface area contributed by atoms with Crippen LogP contribution in [-0.4, -0.2) is 38.8 Å². The number of hydrogen-bond donors (Lipinski definition) is 2. The molecule has 0 radical (unpaired) electrons. The predicted molar refractivity (Wildman–Crippen MR) is 111 cm³/mol. The lowest BCUT2D eigenvalue weighted by Crippen LogP contribution is -2.57. The molecular formula is C23H22N4O4. The van der Waals surface area contributed by atoms with Crippen LogP contribution in [-0.2, 0) is 22.1 Å². The van der Waals surface area contributed by atoms with Crippen LogP contribution < -0.4 is 5.32 Å². The lowest BCUT2D eigenvalue weighted by molar-refractivity contribution is -0.148. The monoisotopic (exact) mass is 418 g/mol. The molecule has 1 fully saturated rings. The van der Waals surface area contributed by atoms with E-state index < -0.39 is 23.5 Å². The molecule has 1 amide bonds. The molecule has 0 spiro atoms. The average Bonchev–Trinajstić information content (AvgIpc) is 3.30. The standard InChI is InChI=1S/C23H22N4O4/c1-27-24-12-20(26-27)23(10-14(11-23)21(28)29)25-22(30)31-13-19-17-8-4-2-6-15(17)16-7-3-5-9-18(16)19/h2-9,12,14,19H,10-11,13H2,1H3,(H,25,30)(H,28,29).